The molecule has 1 aliphatic rings. The maximum Gasteiger partial charge on any atom is 0.316 e. The monoisotopic (exact) mass is 354 g/mol. The Hall–Kier alpha value is -2.63. The highest BCUT2D eigenvalue weighted by atomic mass is 16.5. The summed E-state index contributed by atoms with van der Waals surface area (Å²) in [5.41, 5.74) is 2.86. The predicted molar refractivity (Wildman–Crippen MR) is 102 cm³/mol. The molecule has 1 aliphatic heterocycles. The third-order valence-electron chi connectivity index (χ3n) is 4.70. The Balaban J connectivity index is 1.55. The van der Waals surface area contributed by atoms with Crippen molar-refractivity contribution in [3.8, 4) is 6.01 Å². The number of aromatic nitrogens is 2. The Morgan fingerprint density at radius 3 is 2.54 bits per heavy atom. The summed E-state index contributed by atoms with van der Waals surface area (Å²) in [6, 6.07) is 8.16. The summed E-state index contributed by atoms with van der Waals surface area (Å²) >= 11 is 0. The molecule has 0 saturated carbocycles. The number of nitrogens with zero attached hydrogens (tertiary/aromatic N) is 4. The van der Waals surface area contributed by atoms with Crippen LogP contribution in [0.3, 0.4) is 0 Å². The number of anilines is 1. The van der Waals surface area contributed by atoms with Crippen LogP contribution in [0.25, 0.3) is 0 Å². The predicted octanol–water partition coefficient (Wildman–Crippen LogP) is 2.79. The van der Waals surface area contributed by atoms with Gasteiger partial charge in [-0.3, -0.25) is 4.79 Å². The van der Waals surface area contributed by atoms with Crippen LogP contribution < -0.4 is 9.64 Å². The molecule has 138 valence electrons. The van der Waals surface area contributed by atoms with Crippen molar-refractivity contribution in [1.82, 2.24) is 14.9 Å². The molecule has 1 amide bonds. The first-order chi connectivity index (χ1) is 12.6. The minimum atomic E-state index is 0.0552. The standard InChI is InChI=1S/C20H26N4O2/c1-4-15-13-21-20(22-14-15)26-18-8-10-24(11-9-18)19(25)16-6-5-7-17(12-16)23(2)3/h5-7,12-14,18H,4,8-11H2,1-3H3. The largest absolute Gasteiger partial charge is 0.460 e. The topological polar surface area (TPSA) is 58.6 Å². The molecule has 0 radical (unpaired) electrons. The highest BCUT2D eigenvalue weighted by Crippen LogP contribution is 2.20. The third kappa shape index (κ3) is 4.31. The van der Waals surface area contributed by atoms with Gasteiger partial charge in [-0.25, -0.2) is 9.97 Å². The van der Waals surface area contributed by atoms with E-state index < -0.39 is 0 Å². The molecular weight excluding hydrogens is 328 g/mol. The van der Waals surface area contributed by atoms with Crippen LogP contribution in [0.1, 0.15) is 35.7 Å². The van der Waals surface area contributed by atoms with Crippen molar-refractivity contribution in [2.24, 2.45) is 0 Å². The summed E-state index contributed by atoms with van der Waals surface area (Å²) in [7, 11) is 3.95. The van der Waals surface area contributed by atoms with Crippen molar-refractivity contribution in [3.05, 3.63) is 47.8 Å². The van der Waals surface area contributed by atoms with Crippen molar-refractivity contribution < 1.29 is 9.53 Å². The number of ether oxygens (including phenoxy) is 1. The number of carbonyl (C=O) groups excluding carboxylic acids is 1. The maximum atomic E-state index is 12.8. The van der Waals surface area contributed by atoms with Crippen LogP contribution in [0.15, 0.2) is 36.7 Å². The van der Waals surface area contributed by atoms with Gasteiger partial charge in [-0.2, -0.15) is 0 Å². The van der Waals surface area contributed by atoms with E-state index in [4.69, 9.17) is 4.74 Å². The highest BCUT2D eigenvalue weighted by molar-refractivity contribution is 5.95. The van der Waals surface area contributed by atoms with E-state index in [-0.39, 0.29) is 12.0 Å². The molecule has 0 unspecified atom stereocenters. The zero-order valence-electron chi connectivity index (χ0n) is 15.7. The summed E-state index contributed by atoms with van der Waals surface area (Å²) in [4.78, 5) is 25.2. The van der Waals surface area contributed by atoms with E-state index in [1.54, 1.807) is 12.4 Å². The van der Waals surface area contributed by atoms with E-state index in [0.717, 1.165) is 36.1 Å². The third-order valence-corrected chi connectivity index (χ3v) is 4.70. The fraction of sp³-hybridized carbons (Fsp3) is 0.450. The number of hydrogen-bond acceptors (Lipinski definition) is 5. The van der Waals surface area contributed by atoms with Gasteiger partial charge in [0.15, 0.2) is 0 Å². The number of aryl methyl sites for hydroxylation is 1. The van der Waals surface area contributed by atoms with E-state index in [1.165, 1.54) is 0 Å². The number of piperidine rings is 1. The van der Waals surface area contributed by atoms with Gasteiger partial charge in [0.1, 0.15) is 6.10 Å². The average Bonchev–Trinajstić information content (AvgIpc) is 2.68. The molecule has 1 saturated heterocycles. The second kappa shape index (κ2) is 8.17. The van der Waals surface area contributed by atoms with Gasteiger partial charge in [0.25, 0.3) is 5.91 Å². The molecule has 6 heteroatoms. The van der Waals surface area contributed by atoms with E-state index in [2.05, 4.69) is 16.9 Å². The fourth-order valence-electron chi connectivity index (χ4n) is 3.01. The van der Waals surface area contributed by atoms with Crippen molar-refractivity contribution in [1.29, 1.82) is 0 Å². The molecule has 0 atom stereocenters. The molecule has 6 nitrogen and oxygen atoms in total. The minimum Gasteiger partial charge on any atom is -0.460 e. The summed E-state index contributed by atoms with van der Waals surface area (Å²) in [5, 5.41) is 0. The number of amides is 1. The average molecular weight is 354 g/mol. The quantitative estimate of drug-likeness (QED) is 0.826. The van der Waals surface area contributed by atoms with E-state index in [0.29, 0.717) is 19.1 Å². The van der Waals surface area contributed by atoms with Crippen molar-refractivity contribution >= 4 is 11.6 Å². The van der Waals surface area contributed by atoms with Gasteiger partial charge in [-0.05, 0) is 30.2 Å². The van der Waals surface area contributed by atoms with Crippen LogP contribution in [0.5, 0.6) is 6.01 Å². The number of rotatable bonds is 5. The molecule has 0 aliphatic carbocycles. The number of hydrogen-bond donors (Lipinski definition) is 0. The molecule has 2 heterocycles. The summed E-state index contributed by atoms with van der Waals surface area (Å²) in [6.07, 6.45) is 6.16. The second-order valence-corrected chi connectivity index (χ2v) is 6.78. The minimum absolute atomic E-state index is 0.0552. The van der Waals surface area contributed by atoms with Crippen LogP contribution in [-0.2, 0) is 6.42 Å². The smallest absolute Gasteiger partial charge is 0.316 e. The lowest BCUT2D eigenvalue weighted by molar-refractivity contribution is 0.0578. The van der Waals surface area contributed by atoms with Crippen LogP contribution in [0.4, 0.5) is 5.69 Å². The van der Waals surface area contributed by atoms with Crippen LogP contribution in [-0.4, -0.2) is 54.1 Å². The highest BCUT2D eigenvalue weighted by Gasteiger charge is 2.25. The van der Waals surface area contributed by atoms with Crippen LogP contribution in [0.2, 0.25) is 0 Å². The SMILES string of the molecule is CCc1cnc(OC2CCN(C(=O)c3cccc(N(C)C)c3)CC2)nc1. The van der Waals surface area contributed by atoms with Gasteiger partial charge in [-0.1, -0.05) is 13.0 Å². The Bertz CT molecular complexity index is 738. The van der Waals surface area contributed by atoms with Gasteiger partial charge in [-0.15, -0.1) is 0 Å². The van der Waals surface area contributed by atoms with E-state index >= 15 is 0 Å². The Morgan fingerprint density at radius 1 is 1.23 bits per heavy atom. The second-order valence-electron chi connectivity index (χ2n) is 6.78. The fourth-order valence-corrected chi connectivity index (χ4v) is 3.01. The molecule has 1 fully saturated rings. The molecule has 0 bridgehead atoms. The number of likely N-dealkylation sites (tertiary alicyclic amines) is 1. The molecule has 2 aromatic rings. The van der Waals surface area contributed by atoms with Gasteiger partial charge < -0.3 is 14.5 Å². The lowest BCUT2D eigenvalue weighted by atomic mass is 10.1. The van der Waals surface area contributed by atoms with E-state index in [1.807, 2.05) is 48.2 Å². The van der Waals surface area contributed by atoms with Gasteiger partial charge >= 0.3 is 6.01 Å². The maximum absolute atomic E-state index is 12.8. The van der Waals surface area contributed by atoms with Crippen molar-refractivity contribution in [2.75, 3.05) is 32.1 Å². The van der Waals surface area contributed by atoms with Crippen LogP contribution in [0, 0.1) is 0 Å². The first kappa shape index (κ1) is 18.2. The zero-order chi connectivity index (χ0) is 18.5. The molecule has 1 aromatic heterocycles. The Kier molecular flexibility index (Phi) is 5.71. The molecule has 0 spiro atoms. The summed E-state index contributed by atoms with van der Waals surface area (Å²) in [5.74, 6) is 0.0794. The molecule has 1 aromatic carbocycles. The van der Waals surface area contributed by atoms with E-state index in [9.17, 15) is 4.79 Å². The molecule has 0 N–H and O–H groups in total. The summed E-state index contributed by atoms with van der Waals surface area (Å²) in [6.45, 7) is 3.44. The van der Waals surface area contributed by atoms with Gasteiger partial charge in [0.05, 0.1) is 0 Å². The zero-order valence-corrected chi connectivity index (χ0v) is 15.7. The molecule has 26 heavy (non-hydrogen) atoms. The molecular formula is C20H26N4O2. The number of carbonyl (C=O) groups is 1. The van der Waals surface area contributed by atoms with Crippen molar-refractivity contribution in [2.45, 2.75) is 32.3 Å². The van der Waals surface area contributed by atoms with Crippen LogP contribution >= 0.6 is 0 Å². The lowest BCUT2D eigenvalue weighted by Gasteiger charge is -2.31. The molecule has 3 rings (SSSR count). The van der Waals surface area contributed by atoms with Gasteiger partial charge in [0.2, 0.25) is 0 Å². The summed E-state index contributed by atoms with van der Waals surface area (Å²) < 4.78 is 5.87. The first-order valence-corrected chi connectivity index (χ1v) is 9.11. The normalized spacial score (nSPS) is 15.0. The van der Waals surface area contributed by atoms with Crippen molar-refractivity contribution in [3.63, 3.8) is 0 Å². The Morgan fingerprint density at radius 2 is 1.92 bits per heavy atom. The lowest BCUT2D eigenvalue weighted by Crippen LogP contribution is -2.42. The Labute approximate surface area is 154 Å². The number of benzene rings is 1. The first-order valence-electron chi connectivity index (χ1n) is 9.11. The van der Waals surface area contributed by atoms with Gasteiger partial charge in [0, 0.05) is 63.7 Å².